The number of aromatic nitrogens is 3. The van der Waals surface area contributed by atoms with Crippen LogP contribution in [0.4, 0.5) is 26.3 Å². The largest absolute Gasteiger partial charge is 0.416 e. The maximum atomic E-state index is 13.0. The lowest BCUT2D eigenvalue weighted by molar-refractivity contribution is -0.143. The van der Waals surface area contributed by atoms with E-state index < -0.39 is 23.5 Å². The van der Waals surface area contributed by atoms with Crippen LogP contribution in [0.3, 0.4) is 0 Å². The van der Waals surface area contributed by atoms with E-state index >= 15 is 0 Å². The van der Waals surface area contributed by atoms with E-state index in [1.807, 2.05) is 6.07 Å². The van der Waals surface area contributed by atoms with Crippen molar-refractivity contribution in [2.75, 3.05) is 0 Å². The van der Waals surface area contributed by atoms with Crippen molar-refractivity contribution in [3.8, 4) is 17.3 Å². The zero-order valence-corrected chi connectivity index (χ0v) is 15.4. The molecule has 0 saturated carbocycles. The standard InChI is InChI=1S/C19H9ClF6N4/c20-16-11(2-1-3-14(16)17-15(9-27)28-30-29-17)5-4-10-6-12(18(21,22)23)8-13(7-10)19(24,25)26/h1-8H,(H,28,29,30)/b5-4+. The molecule has 4 nitrogen and oxygen atoms in total. The fourth-order valence-electron chi connectivity index (χ4n) is 2.62. The summed E-state index contributed by atoms with van der Waals surface area (Å²) in [5.41, 5.74) is -2.31. The molecule has 0 unspecified atom stereocenters. The Kier molecular flexibility index (Phi) is 5.59. The molecule has 0 bridgehead atoms. The molecule has 0 atom stereocenters. The van der Waals surface area contributed by atoms with Crippen molar-refractivity contribution in [3.63, 3.8) is 0 Å². The molecule has 30 heavy (non-hydrogen) atoms. The van der Waals surface area contributed by atoms with Gasteiger partial charge in [-0.3, -0.25) is 0 Å². The number of benzene rings is 2. The second-order valence-electron chi connectivity index (χ2n) is 6.03. The van der Waals surface area contributed by atoms with Gasteiger partial charge in [0.1, 0.15) is 11.8 Å². The number of aromatic amines is 1. The molecule has 0 spiro atoms. The van der Waals surface area contributed by atoms with Crippen LogP contribution in [-0.2, 0) is 12.4 Å². The van der Waals surface area contributed by atoms with Crippen LogP contribution in [0, 0.1) is 11.3 Å². The average Bonchev–Trinajstić information content (AvgIpc) is 3.14. The Balaban J connectivity index is 2.05. The Morgan fingerprint density at radius 3 is 2.17 bits per heavy atom. The Labute approximate surface area is 170 Å². The fourth-order valence-corrected chi connectivity index (χ4v) is 2.90. The summed E-state index contributed by atoms with van der Waals surface area (Å²) in [4.78, 5) is 0. The Morgan fingerprint density at radius 2 is 1.60 bits per heavy atom. The molecule has 0 radical (unpaired) electrons. The third-order valence-corrected chi connectivity index (χ3v) is 4.43. The van der Waals surface area contributed by atoms with Gasteiger partial charge < -0.3 is 0 Å². The van der Waals surface area contributed by atoms with Crippen LogP contribution in [-0.4, -0.2) is 15.4 Å². The molecule has 0 aliphatic carbocycles. The first kappa shape index (κ1) is 21.4. The number of hydrogen-bond donors (Lipinski definition) is 1. The lowest BCUT2D eigenvalue weighted by Crippen LogP contribution is -2.11. The maximum absolute atomic E-state index is 13.0. The highest BCUT2D eigenvalue weighted by atomic mass is 35.5. The first-order valence-electron chi connectivity index (χ1n) is 8.08. The lowest BCUT2D eigenvalue weighted by atomic mass is 10.0. The number of halogens is 7. The van der Waals surface area contributed by atoms with Crippen LogP contribution in [0.25, 0.3) is 23.4 Å². The zero-order valence-electron chi connectivity index (χ0n) is 14.6. The fraction of sp³-hybridized carbons (Fsp3) is 0.105. The van der Waals surface area contributed by atoms with Crippen molar-refractivity contribution in [2.24, 2.45) is 0 Å². The summed E-state index contributed by atoms with van der Waals surface area (Å²) in [7, 11) is 0. The SMILES string of the molecule is N#Cc1[nH]nnc1-c1cccc(/C=C/c2cc(C(F)(F)F)cc(C(F)(F)F)c2)c1Cl. The highest BCUT2D eigenvalue weighted by Crippen LogP contribution is 2.37. The van der Waals surface area contributed by atoms with Crippen molar-refractivity contribution in [3.05, 3.63) is 69.4 Å². The number of H-pyrrole nitrogens is 1. The molecule has 3 rings (SSSR count). The number of nitrogens with zero attached hydrogens (tertiary/aromatic N) is 3. The molecule has 1 aromatic heterocycles. The Bertz CT molecular complexity index is 1120. The molecular weight excluding hydrogens is 434 g/mol. The van der Waals surface area contributed by atoms with E-state index in [9.17, 15) is 26.3 Å². The molecule has 2 aromatic carbocycles. The number of rotatable bonds is 3. The molecule has 0 saturated heterocycles. The second kappa shape index (κ2) is 7.84. The summed E-state index contributed by atoms with van der Waals surface area (Å²) in [5, 5.41) is 18.8. The van der Waals surface area contributed by atoms with Crippen molar-refractivity contribution >= 4 is 23.8 Å². The predicted octanol–water partition coefficient (Wildman–Crippen LogP) is 6.20. The van der Waals surface area contributed by atoms with Gasteiger partial charge in [-0.25, -0.2) is 5.10 Å². The van der Waals surface area contributed by atoms with Crippen LogP contribution >= 0.6 is 11.6 Å². The van der Waals surface area contributed by atoms with Crippen LogP contribution in [0.5, 0.6) is 0 Å². The summed E-state index contributed by atoms with van der Waals surface area (Å²) in [6.45, 7) is 0. The minimum atomic E-state index is -4.94. The van der Waals surface area contributed by atoms with Gasteiger partial charge in [0.05, 0.1) is 16.1 Å². The van der Waals surface area contributed by atoms with E-state index in [0.717, 1.165) is 6.08 Å². The summed E-state index contributed by atoms with van der Waals surface area (Å²) < 4.78 is 77.9. The monoisotopic (exact) mass is 442 g/mol. The summed E-state index contributed by atoms with van der Waals surface area (Å²) in [6.07, 6.45) is -7.53. The third kappa shape index (κ3) is 4.46. The van der Waals surface area contributed by atoms with Crippen LogP contribution < -0.4 is 0 Å². The normalized spacial score (nSPS) is 12.3. The molecular formula is C19H9ClF6N4. The lowest BCUT2D eigenvalue weighted by Gasteiger charge is -2.13. The average molecular weight is 443 g/mol. The Hall–Kier alpha value is -3.32. The summed E-state index contributed by atoms with van der Waals surface area (Å²) in [5.74, 6) is 0. The first-order chi connectivity index (χ1) is 14.0. The minimum absolute atomic E-state index is 0.0470. The topological polar surface area (TPSA) is 65.4 Å². The van der Waals surface area contributed by atoms with Gasteiger partial charge in [0.25, 0.3) is 0 Å². The van der Waals surface area contributed by atoms with Crippen molar-refractivity contribution < 1.29 is 26.3 Å². The second-order valence-corrected chi connectivity index (χ2v) is 6.41. The van der Waals surface area contributed by atoms with E-state index in [2.05, 4.69) is 15.4 Å². The molecule has 11 heteroatoms. The molecule has 0 aliphatic rings. The zero-order chi connectivity index (χ0) is 22.1. The van der Waals surface area contributed by atoms with Gasteiger partial charge in [0.15, 0.2) is 5.69 Å². The highest BCUT2D eigenvalue weighted by Gasteiger charge is 2.36. The molecule has 0 aliphatic heterocycles. The smallest absolute Gasteiger partial charge is 0.247 e. The van der Waals surface area contributed by atoms with Gasteiger partial charge in [0, 0.05) is 5.56 Å². The van der Waals surface area contributed by atoms with E-state index in [1.165, 1.54) is 12.1 Å². The first-order valence-corrected chi connectivity index (χ1v) is 8.46. The van der Waals surface area contributed by atoms with Crippen LogP contribution in [0.1, 0.15) is 27.9 Å². The van der Waals surface area contributed by atoms with Crippen molar-refractivity contribution in [1.29, 1.82) is 5.26 Å². The summed E-state index contributed by atoms with van der Waals surface area (Å²) in [6, 6.07) is 7.71. The molecule has 1 heterocycles. The predicted molar refractivity (Wildman–Crippen MR) is 96.9 cm³/mol. The quantitative estimate of drug-likeness (QED) is 0.387. The van der Waals surface area contributed by atoms with Gasteiger partial charge in [-0.15, -0.1) is 5.10 Å². The highest BCUT2D eigenvalue weighted by molar-refractivity contribution is 6.34. The third-order valence-electron chi connectivity index (χ3n) is 4.01. The van der Waals surface area contributed by atoms with E-state index in [4.69, 9.17) is 16.9 Å². The van der Waals surface area contributed by atoms with Gasteiger partial charge >= 0.3 is 12.4 Å². The number of hydrogen-bond acceptors (Lipinski definition) is 3. The van der Waals surface area contributed by atoms with E-state index in [0.29, 0.717) is 23.3 Å². The molecule has 0 fully saturated rings. The van der Waals surface area contributed by atoms with E-state index in [-0.39, 0.29) is 28.0 Å². The summed E-state index contributed by atoms with van der Waals surface area (Å²) >= 11 is 6.30. The molecule has 154 valence electrons. The maximum Gasteiger partial charge on any atom is 0.416 e. The van der Waals surface area contributed by atoms with Gasteiger partial charge in [-0.1, -0.05) is 47.2 Å². The van der Waals surface area contributed by atoms with Crippen molar-refractivity contribution in [2.45, 2.75) is 12.4 Å². The minimum Gasteiger partial charge on any atom is -0.247 e. The van der Waals surface area contributed by atoms with Gasteiger partial charge in [-0.05, 0) is 29.3 Å². The van der Waals surface area contributed by atoms with Crippen LogP contribution in [0.2, 0.25) is 5.02 Å². The molecule has 1 N–H and O–H groups in total. The van der Waals surface area contributed by atoms with Gasteiger partial charge in [-0.2, -0.15) is 31.6 Å². The number of nitrogens with one attached hydrogen (secondary N) is 1. The Morgan fingerprint density at radius 1 is 0.967 bits per heavy atom. The van der Waals surface area contributed by atoms with Crippen LogP contribution in [0.15, 0.2) is 36.4 Å². The molecule has 0 amide bonds. The van der Waals surface area contributed by atoms with Crippen molar-refractivity contribution in [1.82, 2.24) is 15.4 Å². The van der Waals surface area contributed by atoms with Gasteiger partial charge in [0.2, 0.25) is 0 Å². The van der Waals surface area contributed by atoms with E-state index in [1.54, 1.807) is 12.1 Å². The number of alkyl halides is 6. The number of nitriles is 1. The molecule has 3 aromatic rings.